The summed E-state index contributed by atoms with van der Waals surface area (Å²) in [5, 5.41) is 8.81. The van der Waals surface area contributed by atoms with Gasteiger partial charge in [0.2, 0.25) is 0 Å². The van der Waals surface area contributed by atoms with Crippen LogP contribution in [0, 0.1) is 0 Å². The van der Waals surface area contributed by atoms with Crippen LogP contribution in [0.4, 0.5) is 21.9 Å². The Labute approximate surface area is 189 Å². The van der Waals surface area contributed by atoms with Gasteiger partial charge in [-0.05, 0) is 61.9 Å². The summed E-state index contributed by atoms with van der Waals surface area (Å²) >= 11 is 0. The fourth-order valence-corrected chi connectivity index (χ4v) is 4.37. The number of hydrogen-bond donors (Lipinski definition) is 3. The molecule has 170 valence electrons. The number of carbonyl (C=O) groups is 2. The molecule has 0 saturated carbocycles. The van der Waals surface area contributed by atoms with Gasteiger partial charge in [-0.15, -0.1) is 0 Å². The van der Waals surface area contributed by atoms with Crippen LogP contribution in [0.2, 0.25) is 0 Å². The van der Waals surface area contributed by atoms with Crippen molar-refractivity contribution in [1.82, 2.24) is 5.32 Å². The third-order valence-corrected chi connectivity index (χ3v) is 6.11. The molecule has 2 aliphatic heterocycles. The number of nitrogens with zero attached hydrogens (tertiary/aromatic N) is 1. The Kier molecular flexibility index (Phi) is 7.27. The molecule has 3 N–H and O–H groups in total. The number of aryl methyl sites for hydroxylation is 1. The van der Waals surface area contributed by atoms with E-state index in [0.29, 0.717) is 17.8 Å². The summed E-state index contributed by atoms with van der Waals surface area (Å²) in [5.74, 6) is -0.136. The molecule has 2 aromatic carbocycles. The first-order valence-corrected chi connectivity index (χ1v) is 11.6. The van der Waals surface area contributed by atoms with Crippen LogP contribution >= 0.6 is 0 Å². The Hall–Kier alpha value is -3.06. The molecule has 0 radical (unpaired) electrons. The van der Waals surface area contributed by atoms with Crippen LogP contribution in [0.3, 0.4) is 0 Å². The molecule has 2 aliphatic rings. The maximum atomic E-state index is 13.1. The third kappa shape index (κ3) is 5.40. The molecule has 4 rings (SSSR count). The zero-order valence-corrected chi connectivity index (χ0v) is 18.7. The average molecular weight is 437 g/mol. The average Bonchev–Trinajstić information content (AvgIpc) is 3.52. The highest BCUT2D eigenvalue weighted by atomic mass is 16.5. The Balaban J connectivity index is 1.48. The predicted octanol–water partition coefficient (Wildman–Crippen LogP) is 4.40. The number of benzene rings is 2. The van der Waals surface area contributed by atoms with Crippen molar-refractivity contribution in [2.75, 3.05) is 41.8 Å². The van der Waals surface area contributed by atoms with E-state index in [4.69, 9.17) is 4.74 Å². The van der Waals surface area contributed by atoms with E-state index in [1.54, 1.807) is 6.07 Å². The lowest BCUT2D eigenvalue weighted by molar-refractivity contribution is 0.0858. The Bertz CT molecular complexity index is 950. The molecule has 0 aliphatic carbocycles. The molecule has 32 heavy (non-hydrogen) atoms. The highest BCUT2D eigenvalue weighted by Crippen LogP contribution is 2.28. The zero-order chi connectivity index (χ0) is 22.3. The van der Waals surface area contributed by atoms with Gasteiger partial charge in [0.1, 0.15) is 0 Å². The maximum Gasteiger partial charge on any atom is 0.323 e. The van der Waals surface area contributed by atoms with Crippen molar-refractivity contribution in [2.45, 2.75) is 45.1 Å². The summed E-state index contributed by atoms with van der Waals surface area (Å²) in [6.07, 6.45) is 5.16. The van der Waals surface area contributed by atoms with Crippen LogP contribution in [-0.4, -0.2) is 44.3 Å². The first-order chi connectivity index (χ1) is 15.6. The van der Waals surface area contributed by atoms with Gasteiger partial charge in [-0.25, -0.2) is 4.79 Å². The Morgan fingerprint density at radius 2 is 1.88 bits per heavy atom. The second-order valence-corrected chi connectivity index (χ2v) is 8.36. The highest BCUT2D eigenvalue weighted by molar-refractivity contribution is 6.04. The number of amides is 3. The number of carbonyl (C=O) groups excluding carboxylic acids is 2. The van der Waals surface area contributed by atoms with Gasteiger partial charge in [0.05, 0.1) is 11.7 Å². The van der Waals surface area contributed by atoms with Crippen molar-refractivity contribution in [3.8, 4) is 0 Å². The van der Waals surface area contributed by atoms with Crippen molar-refractivity contribution in [3.05, 3.63) is 53.6 Å². The van der Waals surface area contributed by atoms with Crippen LogP contribution in [0.15, 0.2) is 42.5 Å². The number of hydrogen-bond acceptors (Lipinski definition) is 4. The van der Waals surface area contributed by atoms with Gasteiger partial charge in [0.25, 0.3) is 5.91 Å². The zero-order valence-electron chi connectivity index (χ0n) is 18.7. The smallest absolute Gasteiger partial charge is 0.323 e. The highest BCUT2D eigenvalue weighted by Gasteiger charge is 2.22. The van der Waals surface area contributed by atoms with E-state index in [0.717, 1.165) is 68.7 Å². The molecule has 1 unspecified atom stereocenters. The SMILES string of the molecule is CCc1ccccc1NC(=O)Nc1ccc(N2CCCC2)c(C(=O)NCC2CCCO2)c1. The van der Waals surface area contributed by atoms with Crippen LogP contribution in [0.1, 0.15) is 48.5 Å². The normalized spacial score (nSPS) is 17.9. The first-order valence-electron chi connectivity index (χ1n) is 11.6. The second-order valence-electron chi connectivity index (χ2n) is 8.36. The second kappa shape index (κ2) is 10.5. The number of para-hydroxylation sites is 1. The number of urea groups is 1. The lowest BCUT2D eigenvalue weighted by Gasteiger charge is -2.22. The van der Waals surface area contributed by atoms with Gasteiger partial charge in [-0.2, -0.15) is 0 Å². The molecule has 0 spiro atoms. The molecule has 2 saturated heterocycles. The van der Waals surface area contributed by atoms with Crippen LogP contribution in [-0.2, 0) is 11.2 Å². The van der Waals surface area contributed by atoms with Crippen molar-refractivity contribution >= 4 is 29.0 Å². The predicted molar refractivity (Wildman–Crippen MR) is 128 cm³/mol. The maximum absolute atomic E-state index is 13.1. The summed E-state index contributed by atoms with van der Waals surface area (Å²) in [7, 11) is 0. The van der Waals surface area contributed by atoms with Crippen molar-refractivity contribution in [2.24, 2.45) is 0 Å². The van der Waals surface area contributed by atoms with Gasteiger partial charge < -0.3 is 25.6 Å². The number of nitrogens with one attached hydrogen (secondary N) is 3. The summed E-state index contributed by atoms with van der Waals surface area (Å²) < 4.78 is 5.63. The van der Waals surface area contributed by atoms with Gasteiger partial charge in [0.15, 0.2) is 0 Å². The van der Waals surface area contributed by atoms with Gasteiger partial charge >= 0.3 is 6.03 Å². The molecule has 1 atom stereocenters. The van der Waals surface area contributed by atoms with E-state index in [-0.39, 0.29) is 18.0 Å². The lowest BCUT2D eigenvalue weighted by atomic mass is 10.1. The van der Waals surface area contributed by atoms with E-state index in [2.05, 4.69) is 27.8 Å². The molecular weight excluding hydrogens is 404 g/mol. The van der Waals surface area contributed by atoms with Crippen molar-refractivity contribution < 1.29 is 14.3 Å². The standard InChI is InChI=1S/C25H32N4O3/c1-2-18-8-3-4-10-22(18)28-25(31)27-19-11-12-23(29-13-5-6-14-29)21(16-19)24(30)26-17-20-9-7-15-32-20/h3-4,8,10-12,16,20H,2,5-7,9,13-15,17H2,1H3,(H,26,30)(H2,27,28,31). The van der Waals surface area contributed by atoms with E-state index in [1.165, 1.54) is 0 Å². The molecular formula is C25H32N4O3. The lowest BCUT2D eigenvalue weighted by Crippen LogP contribution is -2.33. The molecule has 2 fully saturated rings. The summed E-state index contributed by atoms with van der Waals surface area (Å²) in [6.45, 7) is 5.19. The van der Waals surface area contributed by atoms with Gasteiger partial charge in [-0.1, -0.05) is 25.1 Å². The summed E-state index contributed by atoms with van der Waals surface area (Å²) in [5.41, 5.74) is 3.94. The molecule has 0 bridgehead atoms. The minimum atomic E-state index is -0.328. The van der Waals surface area contributed by atoms with Crippen LogP contribution in [0.5, 0.6) is 0 Å². The minimum Gasteiger partial charge on any atom is -0.376 e. The third-order valence-electron chi connectivity index (χ3n) is 6.11. The Morgan fingerprint density at radius 3 is 2.62 bits per heavy atom. The monoisotopic (exact) mass is 436 g/mol. The largest absolute Gasteiger partial charge is 0.376 e. The molecule has 2 heterocycles. The number of ether oxygens (including phenoxy) is 1. The minimum absolute atomic E-state index is 0.0832. The quantitative estimate of drug-likeness (QED) is 0.601. The molecule has 7 nitrogen and oxygen atoms in total. The fraction of sp³-hybridized carbons (Fsp3) is 0.440. The van der Waals surface area contributed by atoms with Gasteiger partial charge in [-0.3, -0.25) is 4.79 Å². The van der Waals surface area contributed by atoms with Crippen molar-refractivity contribution in [3.63, 3.8) is 0 Å². The summed E-state index contributed by atoms with van der Waals surface area (Å²) in [4.78, 5) is 27.9. The molecule has 3 amide bonds. The van der Waals surface area contributed by atoms with E-state index in [9.17, 15) is 9.59 Å². The number of anilines is 3. The van der Waals surface area contributed by atoms with Crippen LogP contribution < -0.4 is 20.9 Å². The summed E-state index contributed by atoms with van der Waals surface area (Å²) in [6, 6.07) is 13.0. The molecule has 0 aromatic heterocycles. The topological polar surface area (TPSA) is 82.7 Å². The van der Waals surface area contributed by atoms with E-state index >= 15 is 0 Å². The van der Waals surface area contributed by atoms with Gasteiger partial charge in [0, 0.05) is 43.3 Å². The molecule has 7 heteroatoms. The van der Waals surface area contributed by atoms with E-state index < -0.39 is 0 Å². The van der Waals surface area contributed by atoms with Crippen LogP contribution in [0.25, 0.3) is 0 Å². The van der Waals surface area contributed by atoms with E-state index in [1.807, 2.05) is 36.4 Å². The fourth-order valence-electron chi connectivity index (χ4n) is 4.37. The number of rotatable bonds is 7. The molecule has 2 aromatic rings. The Morgan fingerprint density at radius 1 is 1.06 bits per heavy atom. The first kappa shape index (κ1) is 22.1. The van der Waals surface area contributed by atoms with Crippen molar-refractivity contribution in [1.29, 1.82) is 0 Å².